The number of piperidine rings is 1. The number of rotatable bonds is 8. The largest absolute Gasteiger partial charge is 0.341 e. The highest BCUT2D eigenvalue weighted by Crippen LogP contribution is 2.29. The molecule has 6 nitrogen and oxygen atoms in total. The normalized spacial score (nSPS) is 15.4. The van der Waals surface area contributed by atoms with Crippen LogP contribution in [0.3, 0.4) is 0 Å². The molecule has 0 saturated carbocycles. The zero-order valence-corrected chi connectivity index (χ0v) is 20.0. The topological polar surface area (TPSA) is 54.3 Å². The molecule has 0 spiro atoms. The summed E-state index contributed by atoms with van der Waals surface area (Å²) in [6.07, 6.45) is 3.62. The van der Waals surface area contributed by atoms with Crippen molar-refractivity contribution < 1.29 is 9.18 Å². The lowest BCUT2D eigenvalue weighted by Gasteiger charge is -2.31. The summed E-state index contributed by atoms with van der Waals surface area (Å²) < 4.78 is 15.6. The molecule has 0 unspecified atom stereocenters. The Hall–Kier alpha value is -2.71. The predicted octanol–water partition coefficient (Wildman–Crippen LogP) is 4.70. The smallest absolute Gasteiger partial charge is 0.233 e. The summed E-state index contributed by atoms with van der Waals surface area (Å²) in [5, 5.41) is 9.58. The number of thioether (sulfide) groups is 1. The molecule has 4 rings (SSSR count). The molecule has 33 heavy (non-hydrogen) atoms. The van der Waals surface area contributed by atoms with Gasteiger partial charge < -0.3 is 4.90 Å². The van der Waals surface area contributed by atoms with Crippen LogP contribution in [0.1, 0.15) is 43.6 Å². The molecule has 1 aliphatic rings. The van der Waals surface area contributed by atoms with Gasteiger partial charge in [-0.05, 0) is 62.7 Å². The Kier molecular flexibility index (Phi) is 7.77. The molecule has 2 heterocycles. The van der Waals surface area contributed by atoms with E-state index in [0.29, 0.717) is 11.7 Å². The maximum absolute atomic E-state index is 13.6. The number of benzene rings is 2. The fourth-order valence-electron chi connectivity index (χ4n) is 4.13. The molecular weight excluding hydrogens is 437 g/mol. The molecule has 2 aromatic carbocycles. The Morgan fingerprint density at radius 3 is 2.45 bits per heavy atom. The zero-order valence-electron chi connectivity index (χ0n) is 19.2. The third-order valence-electron chi connectivity index (χ3n) is 6.07. The van der Waals surface area contributed by atoms with Crippen molar-refractivity contribution in [3.05, 3.63) is 71.8 Å². The number of halogens is 1. The van der Waals surface area contributed by atoms with Crippen molar-refractivity contribution in [3.63, 3.8) is 0 Å². The Morgan fingerprint density at radius 1 is 1.06 bits per heavy atom. The summed E-state index contributed by atoms with van der Waals surface area (Å²) in [7, 11) is 1.81. The van der Waals surface area contributed by atoms with Gasteiger partial charge in [0.05, 0.1) is 11.8 Å². The lowest BCUT2D eigenvalue weighted by Crippen LogP contribution is -2.33. The Balaban J connectivity index is 1.52. The summed E-state index contributed by atoms with van der Waals surface area (Å²) in [5.41, 5.74) is 1.89. The van der Waals surface area contributed by atoms with Gasteiger partial charge in [0.15, 0.2) is 11.0 Å². The Bertz CT molecular complexity index is 1050. The molecule has 1 fully saturated rings. The van der Waals surface area contributed by atoms with Gasteiger partial charge in [-0.25, -0.2) is 4.39 Å². The quantitative estimate of drug-likeness (QED) is 0.450. The second-order valence-corrected chi connectivity index (χ2v) is 9.39. The SMILES string of the molecule is C[C@H](c1nnc(SCC(=O)N(C)Cc2ccccc2)n1-c1ccc(F)cc1)N1CCCCC1. The van der Waals surface area contributed by atoms with Crippen LogP contribution in [0.25, 0.3) is 5.69 Å². The van der Waals surface area contributed by atoms with Gasteiger partial charge in [-0.2, -0.15) is 0 Å². The lowest BCUT2D eigenvalue weighted by atomic mass is 10.1. The van der Waals surface area contributed by atoms with Crippen LogP contribution in [0.5, 0.6) is 0 Å². The molecule has 1 atom stereocenters. The molecule has 0 bridgehead atoms. The number of carbonyl (C=O) groups excluding carboxylic acids is 1. The highest BCUT2D eigenvalue weighted by Gasteiger charge is 2.26. The number of hydrogen-bond donors (Lipinski definition) is 0. The van der Waals surface area contributed by atoms with Gasteiger partial charge in [0.1, 0.15) is 5.82 Å². The molecule has 0 aliphatic carbocycles. The average molecular weight is 468 g/mol. The molecule has 8 heteroatoms. The van der Waals surface area contributed by atoms with E-state index in [9.17, 15) is 9.18 Å². The van der Waals surface area contributed by atoms with Gasteiger partial charge in [0.25, 0.3) is 0 Å². The second-order valence-electron chi connectivity index (χ2n) is 8.45. The second kappa shape index (κ2) is 10.9. The van der Waals surface area contributed by atoms with Gasteiger partial charge in [-0.3, -0.25) is 14.3 Å². The molecular formula is C25H30FN5OS. The Morgan fingerprint density at radius 2 is 1.76 bits per heavy atom. The first-order chi connectivity index (χ1) is 16.0. The third-order valence-corrected chi connectivity index (χ3v) is 6.98. The zero-order chi connectivity index (χ0) is 23.2. The highest BCUT2D eigenvalue weighted by atomic mass is 32.2. The van der Waals surface area contributed by atoms with E-state index in [-0.39, 0.29) is 23.5 Å². The van der Waals surface area contributed by atoms with Crippen molar-refractivity contribution in [2.75, 3.05) is 25.9 Å². The van der Waals surface area contributed by atoms with Crippen LogP contribution in [0, 0.1) is 5.82 Å². The summed E-state index contributed by atoms with van der Waals surface area (Å²) in [6.45, 7) is 4.76. The van der Waals surface area contributed by atoms with Crippen LogP contribution in [-0.4, -0.2) is 56.4 Å². The minimum Gasteiger partial charge on any atom is -0.341 e. The first kappa shape index (κ1) is 23.4. The van der Waals surface area contributed by atoms with E-state index in [2.05, 4.69) is 22.0 Å². The molecule has 1 aromatic heterocycles. The van der Waals surface area contributed by atoms with Crippen LogP contribution >= 0.6 is 11.8 Å². The van der Waals surface area contributed by atoms with Crippen molar-refractivity contribution in [1.82, 2.24) is 24.6 Å². The Labute approximate surface area is 198 Å². The average Bonchev–Trinajstić information content (AvgIpc) is 3.27. The van der Waals surface area contributed by atoms with Gasteiger partial charge in [0, 0.05) is 19.3 Å². The van der Waals surface area contributed by atoms with E-state index in [1.54, 1.807) is 17.0 Å². The van der Waals surface area contributed by atoms with E-state index in [4.69, 9.17) is 0 Å². The lowest BCUT2D eigenvalue weighted by molar-refractivity contribution is -0.127. The minimum absolute atomic E-state index is 0.0168. The standard InChI is InChI=1S/C25H30FN5OS/c1-19(30-15-7-4-8-16-30)24-27-28-25(31(24)22-13-11-21(26)12-14-22)33-18-23(32)29(2)17-20-9-5-3-6-10-20/h3,5-6,9-14,19H,4,7-8,15-18H2,1-2H3/t19-/m1/s1. The number of likely N-dealkylation sites (tertiary alicyclic amines) is 1. The minimum atomic E-state index is -0.288. The van der Waals surface area contributed by atoms with Gasteiger partial charge in [-0.1, -0.05) is 48.5 Å². The summed E-state index contributed by atoms with van der Waals surface area (Å²) in [5.74, 6) is 0.796. The predicted molar refractivity (Wildman–Crippen MR) is 129 cm³/mol. The third kappa shape index (κ3) is 5.81. The fourth-order valence-corrected chi connectivity index (χ4v) is 5.03. The van der Waals surface area contributed by atoms with Crippen molar-refractivity contribution in [2.24, 2.45) is 0 Å². The van der Waals surface area contributed by atoms with Crippen LogP contribution < -0.4 is 0 Å². The number of carbonyl (C=O) groups is 1. The molecule has 3 aromatic rings. The van der Waals surface area contributed by atoms with Gasteiger partial charge >= 0.3 is 0 Å². The molecule has 0 N–H and O–H groups in total. The first-order valence-electron chi connectivity index (χ1n) is 11.4. The monoisotopic (exact) mass is 467 g/mol. The van der Waals surface area contributed by atoms with E-state index in [1.165, 1.54) is 43.2 Å². The van der Waals surface area contributed by atoms with Crippen LogP contribution in [0.2, 0.25) is 0 Å². The van der Waals surface area contributed by atoms with Crippen molar-refractivity contribution in [2.45, 2.75) is 43.9 Å². The molecule has 1 saturated heterocycles. The molecule has 1 amide bonds. The molecule has 174 valence electrons. The van der Waals surface area contributed by atoms with Crippen LogP contribution in [0.15, 0.2) is 59.8 Å². The summed E-state index contributed by atoms with van der Waals surface area (Å²) in [4.78, 5) is 16.9. The van der Waals surface area contributed by atoms with E-state index < -0.39 is 0 Å². The first-order valence-corrected chi connectivity index (χ1v) is 12.4. The van der Waals surface area contributed by atoms with Crippen molar-refractivity contribution in [1.29, 1.82) is 0 Å². The van der Waals surface area contributed by atoms with Crippen LogP contribution in [0.4, 0.5) is 4.39 Å². The number of hydrogen-bond acceptors (Lipinski definition) is 5. The maximum Gasteiger partial charge on any atom is 0.233 e. The van der Waals surface area contributed by atoms with Crippen LogP contribution in [-0.2, 0) is 11.3 Å². The summed E-state index contributed by atoms with van der Waals surface area (Å²) in [6, 6.07) is 16.4. The highest BCUT2D eigenvalue weighted by molar-refractivity contribution is 7.99. The van der Waals surface area contributed by atoms with E-state index in [0.717, 1.165) is 30.2 Å². The van der Waals surface area contributed by atoms with Gasteiger partial charge in [-0.15, -0.1) is 10.2 Å². The van der Waals surface area contributed by atoms with E-state index >= 15 is 0 Å². The van der Waals surface area contributed by atoms with Gasteiger partial charge in [0.2, 0.25) is 5.91 Å². The fraction of sp³-hybridized carbons (Fsp3) is 0.400. The van der Waals surface area contributed by atoms with E-state index in [1.807, 2.05) is 41.9 Å². The van der Waals surface area contributed by atoms with Crippen molar-refractivity contribution in [3.8, 4) is 5.69 Å². The number of aromatic nitrogens is 3. The molecule has 1 aliphatic heterocycles. The summed E-state index contributed by atoms with van der Waals surface area (Å²) >= 11 is 1.36. The van der Waals surface area contributed by atoms with Crippen molar-refractivity contribution >= 4 is 17.7 Å². The number of nitrogens with zero attached hydrogens (tertiary/aromatic N) is 5. The maximum atomic E-state index is 13.6. The number of amides is 1. The molecule has 0 radical (unpaired) electrons.